The second kappa shape index (κ2) is 13.3. The molecule has 0 spiro atoms. The van der Waals surface area contributed by atoms with Gasteiger partial charge in [-0.2, -0.15) is 0 Å². The molecule has 1 saturated heterocycles. The van der Waals surface area contributed by atoms with Gasteiger partial charge in [0, 0.05) is 42.1 Å². The van der Waals surface area contributed by atoms with Crippen LogP contribution in [0.15, 0.2) is 60.7 Å². The lowest BCUT2D eigenvalue weighted by molar-refractivity contribution is -0.157. The van der Waals surface area contributed by atoms with Crippen molar-refractivity contribution < 1.29 is 24.6 Å². The first-order valence-electron chi connectivity index (χ1n) is 16.0. The predicted octanol–water partition coefficient (Wildman–Crippen LogP) is 5.88. The van der Waals surface area contributed by atoms with Crippen molar-refractivity contribution in [2.75, 3.05) is 19.6 Å². The van der Waals surface area contributed by atoms with Crippen molar-refractivity contribution in [2.45, 2.75) is 82.8 Å². The van der Waals surface area contributed by atoms with Crippen molar-refractivity contribution in [1.29, 1.82) is 0 Å². The number of carbonyl (C=O) groups is 3. The standard InChI is InChI=1S/C37H42N2O5.CH4/c1-2-16-37(44)32-22-30-13-14-31(34(42)33(30)36(37,18-21-40)17-20-39(32)23-26-3-4-26)35(43)38-19-15-25-5-9-28(10-6-25)29-11-7-27(24-41)8-12-29;/h5-14,21,24,26,32,42,44H,2-4,15-20,22-23H2,1H3,(H,38,43);1H4. The molecular formula is C38H46N2O5. The molecule has 1 amide bonds. The Morgan fingerprint density at radius 2 is 1.71 bits per heavy atom. The number of fused-ring (bicyclic) bond motifs is 4. The molecule has 3 N–H and O–H groups in total. The van der Waals surface area contributed by atoms with Crippen LogP contribution in [0.4, 0.5) is 0 Å². The summed E-state index contributed by atoms with van der Waals surface area (Å²) in [7, 11) is 0. The van der Waals surface area contributed by atoms with Gasteiger partial charge in [0.2, 0.25) is 0 Å². The normalized spacial score (nSPS) is 23.8. The monoisotopic (exact) mass is 610 g/mol. The van der Waals surface area contributed by atoms with Gasteiger partial charge in [0.1, 0.15) is 18.3 Å². The van der Waals surface area contributed by atoms with E-state index in [1.807, 2.05) is 49.4 Å². The molecule has 0 radical (unpaired) electrons. The molecule has 1 saturated carbocycles. The molecule has 6 rings (SSSR count). The van der Waals surface area contributed by atoms with Gasteiger partial charge in [-0.25, -0.2) is 0 Å². The Hall–Kier alpha value is -3.81. The molecule has 3 aromatic rings. The summed E-state index contributed by atoms with van der Waals surface area (Å²) >= 11 is 0. The molecule has 3 atom stereocenters. The third kappa shape index (κ3) is 5.96. The van der Waals surface area contributed by atoms with E-state index in [1.54, 1.807) is 18.2 Å². The molecule has 7 heteroatoms. The molecule has 3 unspecified atom stereocenters. The number of aldehydes is 2. The Bertz CT molecular complexity index is 1530. The first-order valence-corrected chi connectivity index (χ1v) is 16.0. The van der Waals surface area contributed by atoms with Gasteiger partial charge in [0.05, 0.1) is 11.2 Å². The lowest BCUT2D eigenvalue weighted by atomic mass is 9.52. The minimum absolute atomic E-state index is 0. The quantitative estimate of drug-likeness (QED) is 0.221. The number of rotatable bonds is 12. The van der Waals surface area contributed by atoms with E-state index in [0.29, 0.717) is 49.3 Å². The number of aromatic hydroxyl groups is 1. The number of amides is 1. The SMILES string of the molecule is C.CCCC1(O)C2Cc3ccc(C(=O)NCCc4ccc(-c5ccc(C=O)cc5)cc4)c(O)c3C1(CC=O)CCN2CC1CC1. The van der Waals surface area contributed by atoms with Crippen LogP contribution >= 0.6 is 0 Å². The molecule has 2 fully saturated rings. The maximum atomic E-state index is 13.4. The fourth-order valence-electron chi connectivity index (χ4n) is 7.89. The molecule has 7 nitrogen and oxygen atoms in total. The van der Waals surface area contributed by atoms with Gasteiger partial charge in [-0.1, -0.05) is 75.4 Å². The summed E-state index contributed by atoms with van der Waals surface area (Å²) in [4.78, 5) is 38.9. The first kappa shape index (κ1) is 32.6. The summed E-state index contributed by atoms with van der Waals surface area (Å²) in [5.74, 6) is 0.209. The van der Waals surface area contributed by atoms with Gasteiger partial charge >= 0.3 is 0 Å². The van der Waals surface area contributed by atoms with E-state index in [9.17, 15) is 24.6 Å². The fraction of sp³-hybridized carbons (Fsp3) is 0.447. The molecule has 0 aromatic heterocycles. The number of phenolic OH excluding ortho intramolecular Hbond substituents is 1. The predicted molar refractivity (Wildman–Crippen MR) is 177 cm³/mol. The van der Waals surface area contributed by atoms with Crippen LogP contribution in [0, 0.1) is 5.92 Å². The number of hydrogen-bond donors (Lipinski definition) is 3. The van der Waals surface area contributed by atoms with Crippen molar-refractivity contribution in [3.63, 3.8) is 0 Å². The highest BCUT2D eigenvalue weighted by Crippen LogP contribution is 2.58. The summed E-state index contributed by atoms with van der Waals surface area (Å²) in [6.45, 7) is 4.17. The van der Waals surface area contributed by atoms with Crippen molar-refractivity contribution in [3.8, 4) is 16.9 Å². The zero-order valence-corrected chi connectivity index (χ0v) is 25.4. The second-order valence-corrected chi connectivity index (χ2v) is 13.0. The smallest absolute Gasteiger partial charge is 0.255 e. The number of nitrogens with one attached hydrogen (secondary N) is 1. The molecule has 3 aromatic carbocycles. The fourth-order valence-corrected chi connectivity index (χ4v) is 7.89. The van der Waals surface area contributed by atoms with Crippen LogP contribution in [-0.2, 0) is 23.1 Å². The zero-order chi connectivity index (χ0) is 30.9. The largest absolute Gasteiger partial charge is 0.507 e. The van der Waals surface area contributed by atoms with Crippen LogP contribution in [0.5, 0.6) is 5.75 Å². The van der Waals surface area contributed by atoms with Gasteiger partial charge in [-0.3, -0.25) is 14.5 Å². The van der Waals surface area contributed by atoms with Crippen molar-refractivity contribution in [2.24, 2.45) is 5.92 Å². The third-order valence-corrected chi connectivity index (χ3v) is 10.3. The Kier molecular flexibility index (Phi) is 9.61. The highest BCUT2D eigenvalue weighted by molar-refractivity contribution is 5.97. The van der Waals surface area contributed by atoms with E-state index in [2.05, 4.69) is 10.2 Å². The van der Waals surface area contributed by atoms with E-state index in [-0.39, 0.29) is 37.1 Å². The number of piperidine rings is 1. The highest BCUT2D eigenvalue weighted by Gasteiger charge is 2.63. The lowest BCUT2D eigenvalue weighted by Gasteiger charge is -2.61. The number of aliphatic hydroxyl groups is 1. The van der Waals surface area contributed by atoms with Crippen molar-refractivity contribution in [1.82, 2.24) is 10.2 Å². The van der Waals surface area contributed by atoms with E-state index in [0.717, 1.165) is 54.3 Å². The van der Waals surface area contributed by atoms with Crippen LogP contribution in [-0.4, -0.2) is 64.9 Å². The van der Waals surface area contributed by atoms with Crippen LogP contribution in [0.1, 0.15) is 90.3 Å². The van der Waals surface area contributed by atoms with Crippen molar-refractivity contribution >= 4 is 18.5 Å². The summed E-state index contributed by atoms with van der Waals surface area (Å²) < 4.78 is 0. The molecule has 2 bridgehead atoms. The Labute approximate surface area is 266 Å². The molecule has 45 heavy (non-hydrogen) atoms. The number of phenols is 1. The summed E-state index contributed by atoms with van der Waals surface area (Å²) in [6, 6.07) is 19.0. The average molecular weight is 611 g/mol. The van der Waals surface area contributed by atoms with Gasteiger partial charge in [-0.15, -0.1) is 0 Å². The van der Waals surface area contributed by atoms with Crippen LogP contribution in [0.2, 0.25) is 0 Å². The maximum Gasteiger partial charge on any atom is 0.255 e. The minimum atomic E-state index is -1.17. The topological polar surface area (TPSA) is 107 Å². The van der Waals surface area contributed by atoms with E-state index < -0.39 is 11.0 Å². The van der Waals surface area contributed by atoms with E-state index in [4.69, 9.17) is 0 Å². The average Bonchev–Trinajstić information content (AvgIpc) is 3.85. The Morgan fingerprint density at radius 1 is 1.02 bits per heavy atom. The van der Waals surface area contributed by atoms with Crippen molar-refractivity contribution in [3.05, 3.63) is 88.5 Å². The van der Waals surface area contributed by atoms with Crippen LogP contribution in [0.3, 0.4) is 0 Å². The number of nitrogens with zero attached hydrogens (tertiary/aromatic N) is 1. The van der Waals surface area contributed by atoms with Gasteiger partial charge < -0.3 is 20.3 Å². The maximum absolute atomic E-state index is 13.4. The van der Waals surface area contributed by atoms with Crippen LogP contribution < -0.4 is 5.32 Å². The summed E-state index contributed by atoms with van der Waals surface area (Å²) in [6.07, 6.45) is 7.34. The number of benzene rings is 3. The Morgan fingerprint density at radius 3 is 2.33 bits per heavy atom. The first-order chi connectivity index (χ1) is 21.3. The number of carbonyl (C=O) groups excluding carboxylic acids is 3. The van der Waals surface area contributed by atoms with Gasteiger partial charge in [-0.05, 0) is 79.3 Å². The van der Waals surface area contributed by atoms with Gasteiger partial charge in [0.25, 0.3) is 5.91 Å². The molecule has 1 heterocycles. The molecule has 2 aliphatic carbocycles. The number of hydrogen-bond acceptors (Lipinski definition) is 6. The molecule has 238 valence electrons. The number of likely N-dealkylation sites (tertiary alicyclic amines) is 1. The highest BCUT2D eigenvalue weighted by atomic mass is 16.3. The Balaban J connectivity index is 0.00000400. The zero-order valence-electron chi connectivity index (χ0n) is 25.4. The second-order valence-electron chi connectivity index (χ2n) is 13.0. The van der Waals surface area contributed by atoms with Gasteiger partial charge in [0.15, 0.2) is 0 Å². The third-order valence-electron chi connectivity index (χ3n) is 10.3. The van der Waals surface area contributed by atoms with E-state index >= 15 is 0 Å². The van der Waals surface area contributed by atoms with E-state index in [1.165, 1.54) is 12.8 Å². The summed E-state index contributed by atoms with van der Waals surface area (Å²) in [5, 5.41) is 27.2. The molecular weight excluding hydrogens is 564 g/mol. The minimum Gasteiger partial charge on any atom is -0.507 e. The molecule has 1 aliphatic heterocycles. The molecule has 3 aliphatic rings. The lowest BCUT2D eigenvalue weighted by Crippen LogP contribution is -2.71. The summed E-state index contributed by atoms with van der Waals surface area (Å²) in [5.41, 5.74) is 3.36. The van der Waals surface area contributed by atoms with Crippen LogP contribution in [0.25, 0.3) is 11.1 Å².